The van der Waals surface area contributed by atoms with Crippen LogP contribution in [0.2, 0.25) is 0 Å². The molecule has 0 radical (unpaired) electrons. The van der Waals surface area contributed by atoms with Gasteiger partial charge >= 0.3 is 0 Å². The third-order valence-electron chi connectivity index (χ3n) is 4.64. The first-order valence-electron chi connectivity index (χ1n) is 8.78. The molecule has 0 bridgehead atoms. The minimum atomic E-state index is -3.33. The van der Waals surface area contributed by atoms with Crippen molar-refractivity contribution in [3.8, 4) is 5.69 Å². The molecule has 1 unspecified atom stereocenters. The van der Waals surface area contributed by atoms with Gasteiger partial charge in [-0.3, -0.25) is 0 Å². The number of hydrogen-bond donors (Lipinski definition) is 1. The van der Waals surface area contributed by atoms with Gasteiger partial charge in [-0.05, 0) is 62.9 Å². The Kier molecular flexibility index (Phi) is 5.61. The molecule has 1 aliphatic heterocycles. The number of ether oxygens (including phenoxy) is 1. The Morgan fingerprint density at radius 2 is 1.76 bits per heavy atom. The van der Waals surface area contributed by atoms with Crippen molar-refractivity contribution in [1.82, 2.24) is 9.29 Å². The van der Waals surface area contributed by atoms with Crippen LogP contribution in [-0.2, 0) is 21.3 Å². The number of rotatable bonds is 6. The minimum Gasteiger partial charge on any atom is -0.377 e. The quantitative estimate of drug-likeness (QED) is 0.859. The number of aryl methyl sites for hydroxylation is 2. The normalized spacial score (nSPS) is 18.4. The molecule has 1 aromatic carbocycles. The molecule has 2 aromatic rings. The standard InChI is InChI=1S/C19H26N2O3S/c1-15-6-7-16(2)21(15)18-10-8-17(9-11-18)13-20-25(22,23)14-19-5-3-4-12-24-19/h6-11,19-20H,3-5,12-14H2,1-2H3. The van der Waals surface area contributed by atoms with E-state index in [0.717, 1.165) is 30.5 Å². The summed E-state index contributed by atoms with van der Waals surface area (Å²) in [6, 6.07) is 12.2. The molecule has 0 saturated carbocycles. The van der Waals surface area contributed by atoms with Gasteiger partial charge in [0, 0.05) is 30.2 Å². The molecule has 1 N–H and O–H groups in total. The highest BCUT2D eigenvalue weighted by molar-refractivity contribution is 7.89. The van der Waals surface area contributed by atoms with Gasteiger partial charge in [-0.15, -0.1) is 0 Å². The van der Waals surface area contributed by atoms with Gasteiger partial charge in [0.25, 0.3) is 0 Å². The van der Waals surface area contributed by atoms with Gasteiger partial charge in [-0.2, -0.15) is 0 Å². The van der Waals surface area contributed by atoms with E-state index in [1.165, 1.54) is 11.4 Å². The summed E-state index contributed by atoms with van der Waals surface area (Å²) >= 11 is 0. The molecule has 1 saturated heterocycles. The van der Waals surface area contributed by atoms with Crippen molar-refractivity contribution in [2.45, 2.75) is 45.8 Å². The zero-order chi connectivity index (χ0) is 17.9. The van der Waals surface area contributed by atoms with E-state index in [4.69, 9.17) is 4.74 Å². The number of benzene rings is 1. The summed E-state index contributed by atoms with van der Waals surface area (Å²) in [6.07, 6.45) is 2.72. The maximum absolute atomic E-state index is 12.2. The third kappa shape index (κ3) is 4.71. The van der Waals surface area contributed by atoms with Crippen molar-refractivity contribution >= 4 is 10.0 Å². The Morgan fingerprint density at radius 1 is 1.08 bits per heavy atom. The Labute approximate surface area is 150 Å². The lowest BCUT2D eigenvalue weighted by Gasteiger charge is -2.22. The highest BCUT2D eigenvalue weighted by Crippen LogP contribution is 2.17. The summed E-state index contributed by atoms with van der Waals surface area (Å²) in [5.74, 6) is 0.0485. The molecule has 1 aromatic heterocycles. The Balaban J connectivity index is 1.60. The largest absolute Gasteiger partial charge is 0.377 e. The molecule has 1 aliphatic rings. The number of hydrogen-bond acceptors (Lipinski definition) is 3. The van der Waals surface area contributed by atoms with Crippen LogP contribution in [0, 0.1) is 13.8 Å². The van der Waals surface area contributed by atoms with Crippen LogP contribution in [0.4, 0.5) is 0 Å². The molecule has 25 heavy (non-hydrogen) atoms. The molecule has 0 spiro atoms. The van der Waals surface area contributed by atoms with E-state index in [1.54, 1.807) is 0 Å². The molecule has 0 aliphatic carbocycles. The van der Waals surface area contributed by atoms with Crippen LogP contribution < -0.4 is 4.72 Å². The van der Waals surface area contributed by atoms with Crippen molar-refractivity contribution in [2.75, 3.05) is 12.4 Å². The van der Waals surface area contributed by atoms with Crippen LogP contribution in [0.1, 0.15) is 36.2 Å². The average molecular weight is 362 g/mol. The Hall–Kier alpha value is -1.63. The first kappa shape index (κ1) is 18.2. The van der Waals surface area contributed by atoms with E-state index in [0.29, 0.717) is 13.2 Å². The van der Waals surface area contributed by atoms with Crippen molar-refractivity contribution in [2.24, 2.45) is 0 Å². The summed E-state index contributed by atoms with van der Waals surface area (Å²) in [5, 5.41) is 0. The fourth-order valence-corrected chi connectivity index (χ4v) is 4.53. The second kappa shape index (κ2) is 7.72. The van der Waals surface area contributed by atoms with Gasteiger partial charge in [0.15, 0.2) is 0 Å². The maximum atomic E-state index is 12.2. The number of nitrogens with zero attached hydrogens (tertiary/aromatic N) is 1. The van der Waals surface area contributed by atoms with Crippen LogP contribution >= 0.6 is 0 Å². The Bertz CT molecular complexity index is 784. The molecule has 1 fully saturated rings. The zero-order valence-electron chi connectivity index (χ0n) is 14.9. The summed E-state index contributed by atoms with van der Waals surface area (Å²) in [6.45, 7) is 5.11. The van der Waals surface area contributed by atoms with E-state index in [-0.39, 0.29) is 11.9 Å². The molecule has 5 nitrogen and oxygen atoms in total. The molecule has 3 rings (SSSR count). The summed E-state index contributed by atoms with van der Waals surface area (Å²) in [7, 11) is -3.33. The van der Waals surface area contributed by atoms with Crippen LogP contribution in [0.3, 0.4) is 0 Å². The van der Waals surface area contributed by atoms with Gasteiger partial charge < -0.3 is 9.30 Å². The molecule has 1 atom stereocenters. The first-order chi connectivity index (χ1) is 11.9. The lowest BCUT2D eigenvalue weighted by atomic mass is 10.1. The van der Waals surface area contributed by atoms with Crippen LogP contribution in [0.5, 0.6) is 0 Å². The number of aromatic nitrogens is 1. The molecule has 0 amide bonds. The number of sulfonamides is 1. The molecule has 2 heterocycles. The predicted molar refractivity (Wildman–Crippen MR) is 99.5 cm³/mol. The molecular weight excluding hydrogens is 336 g/mol. The summed E-state index contributed by atoms with van der Waals surface area (Å²) in [4.78, 5) is 0. The SMILES string of the molecule is Cc1ccc(C)n1-c1ccc(CNS(=O)(=O)CC2CCCCO2)cc1. The van der Waals surface area contributed by atoms with E-state index in [2.05, 4.69) is 35.3 Å². The average Bonchev–Trinajstić information content (AvgIpc) is 2.93. The van der Waals surface area contributed by atoms with Gasteiger partial charge in [-0.25, -0.2) is 13.1 Å². The lowest BCUT2D eigenvalue weighted by Crippen LogP contribution is -2.34. The monoisotopic (exact) mass is 362 g/mol. The van der Waals surface area contributed by atoms with Crippen molar-refractivity contribution < 1.29 is 13.2 Å². The van der Waals surface area contributed by atoms with E-state index in [9.17, 15) is 8.42 Å². The van der Waals surface area contributed by atoms with Gasteiger partial charge in [-0.1, -0.05) is 12.1 Å². The van der Waals surface area contributed by atoms with Crippen molar-refractivity contribution in [3.05, 3.63) is 53.3 Å². The van der Waals surface area contributed by atoms with Gasteiger partial charge in [0.2, 0.25) is 10.0 Å². The van der Waals surface area contributed by atoms with E-state index < -0.39 is 10.0 Å². The fourth-order valence-electron chi connectivity index (χ4n) is 3.27. The van der Waals surface area contributed by atoms with Gasteiger partial charge in [0.05, 0.1) is 11.9 Å². The van der Waals surface area contributed by atoms with E-state index >= 15 is 0 Å². The van der Waals surface area contributed by atoms with Crippen LogP contribution in [0.25, 0.3) is 5.69 Å². The zero-order valence-corrected chi connectivity index (χ0v) is 15.7. The topological polar surface area (TPSA) is 60.3 Å². The van der Waals surface area contributed by atoms with Crippen LogP contribution in [0.15, 0.2) is 36.4 Å². The molecular formula is C19H26N2O3S. The minimum absolute atomic E-state index is 0.0485. The predicted octanol–water partition coefficient (Wildman–Crippen LogP) is 3.08. The van der Waals surface area contributed by atoms with Crippen molar-refractivity contribution in [1.29, 1.82) is 0 Å². The first-order valence-corrected chi connectivity index (χ1v) is 10.4. The van der Waals surface area contributed by atoms with Crippen LogP contribution in [-0.4, -0.2) is 31.4 Å². The van der Waals surface area contributed by atoms with E-state index in [1.807, 2.05) is 24.3 Å². The molecule has 136 valence electrons. The summed E-state index contributed by atoms with van der Waals surface area (Å²) < 4.78 is 34.8. The second-order valence-corrected chi connectivity index (χ2v) is 8.56. The maximum Gasteiger partial charge on any atom is 0.214 e. The number of nitrogens with one attached hydrogen (secondary N) is 1. The van der Waals surface area contributed by atoms with Crippen molar-refractivity contribution in [3.63, 3.8) is 0 Å². The second-order valence-electron chi connectivity index (χ2n) is 6.71. The van der Waals surface area contributed by atoms with Gasteiger partial charge in [0.1, 0.15) is 0 Å². The smallest absolute Gasteiger partial charge is 0.214 e. The fraction of sp³-hybridized carbons (Fsp3) is 0.474. The highest BCUT2D eigenvalue weighted by Gasteiger charge is 2.21. The summed E-state index contributed by atoms with van der Waals surface area (Å²) in [5.41, 5.74) is 4.39. The highest BCUT2D eigenvalue weighted by atomic mass is 32.2. The molecule has 6 heteroatoms. The Morgan fingerprint density at radius 3 is 2.36 bits per heavy atom. The third-order valence-corrected chi connectivity index (χ3v) is 6.04. The lowest BCUT2D eigenvalue weighted by molar-refractivity contribution is 0.0304.